The molecular formula is C13H17N3O2. The van der Waals surface area contributed by atoms with Crippen molar-refractivity contribution in [2.45, 2.75) is 6.54 Å². The van der Waals surface area contributed by atoms with Crippen molar-refractivity contribution in [3.63, 3.8) is 0 Å². The van der Waals surface area contributed by atoms with Crippen LogP contribution in [0.3, 0.4) is 0 Å². The van der Waals surface area contributed by atoms with E-state index in [4.69, 9.17) is 0 Å². The first-order valence-electron chi connectivity index (χ1n) is 5.86. The van der Waals surface area contributed by atoms with Crippen LogP contribution in [0.15, 0.2) is 30.3 Å². The molecule has 0 saturated carbocycles. The normalized spacial score (nSPS) is 15.9. The fourth-order valence-electron chi connectivity index (χ4n) is 2.00. The van der Waals surface area contributed by atoms with Crippen LogP contribution >= 0.6 is 0 Å². The third-order valence-electron chi connectivity index (χ3n) is 2.97. The second kappa shape index (κ2) is 5.18. The summed E-state index contributed by atoms with van der Waals surface area (Å²) in [5.74, 6) is -0.145. The molecule has 5 heteroatoms. The molecule has 0 bridgehead atoms. The smallest absolute Gasteiger partial charge is 0.302 e. The van der Waals surface area contributed by atoms with Crippen molar-refractivity contribution in [3.8, 4) is 0 Å². The van der Waals surface area contributed by atoms with Gasteiger partial charge in [0.05, 0.1) is 6.67 Å². The van der Waals surface area contributed by atoms with Crippen LogP contribution in [0.25, 0.3) is 0 Å². The lowest BCUT2D eigenvalue weighted by Crippen LogP contribution is -2.37. The van der Waals surface area contributed by atoms with Gasteiger partial charge in [-0.2, -0.15) is 0 Å². The highest BCUT2D eigenvalue weighted by atomic mass is 16.2. The maximum Gasteiger partial charge on any atom is 0.327 e. The Bertz CT molecular complexity index is 447. The molecule has 18 heavy (non-hydrogen) atoms. The lowest BCUT2D eigenvalue weighted by atomic mass is 10.2. The number of benzene rings is 1. The molecule has 96 valence electrons. The largest absolute Gasteiger partial charge is 0.327 e. The lowest BCUT2D eigenvalue weighted by Gasteiger charge is -2.23. The van der Waals surface area contributed by atoms with Gasteiger partial charge in [-0.05, 0) is 12.6 Å². The van der Waals surface area contributed by atoms with Gasteiger partial charge in [-0.25, -0.2) is 4.79 Å². The first-order valence-corrected chi connectivity index (χ1v) is 5.86. The number of urea groups is 1. The number of imide groups is 1. The van der Waals surface area contributed by atoms with Gasteiger partial charge in [0.15, 0.2) is 0 Å². The summed E-state index contributed by atoms with van der Waals surface area (Å²) in [6.45, 7) is 1.39. The SMILES string of the molecule is CN(Cc1ccccc1)CN1CC(=O)N(C)C1=O. The maximum atomic E-state index is 11.7. The van der Waals surface area contributed by atoms with E-state index in [1.165, 1.54) is 12.6 Å². The van der Waals surface area contributed by atoms with E-state index < -0.39 is 0 Å². The molecule has 1 aliphatic rings. The number of carbonyl (C=O) groups is 2. The Morgan fingerprint density at radius 1 is 1.22 bits per heavy atom. The molecule has 3 amide bonds. The van der Waals surface area contributed by atoms with Gasteiger partial charge in [0, 0.05) is 13.6 Å². The van der Waals surface area contributed by atoms with Crippen molar-refractivity contribution < 1.29 is 9.59 Å². The average Bonchev–Trinajstić information content (AvgIpc) is 2.58. The third-order valence-corrected chi connectivity index (χ3v) is 2.97. The van der Waals surface area contributed by atoms with Crippen LogP contribution in [0.5, 0.6) is 0 Å². The second-order valence-corrected chi connectivity index (χ2v) is 4.57. The predicted octanol–water partition coefficient (Wildman–Crippen LogP) is 0.970. The van der Waals surface area contributed by atoms with Gasteiger partial charge in [-0.1, -0.05) is 30.3 Å². The van der Waals surface area contributed by atoms with Gasteiger partial charge in [0.1, 0.15) is 6.54 Å². The average molecular weight is 247 g/mol. The molecule has 1 aliphatic heterocycles. The van der Waals surface area contributed by atoms with Crippen molar-refractivity contribution in [2.75, 3.05) is 27.3 Å². The van der Waals surface area contributed by atoms with Crippen LogP contribution < -0.4 is 0 Å². The van der Waals surface area contributed by atoms with E-state index >= 15 is 0 Å². The molecule has 0 unspecified atom stereocenters. The highest BCUT2D eigenvalue weighted by molar-refractivity contribution is 6.01. The Hall–Kier alpha value is -1.88. The van der Waals surface area contributed by atoms with Gasteiger partial charge in [0.25, 0.3) is 0 Å². The number of hydrogen-bond acceptors (Lipinski definition) is 3. The molecule has 1 aromatic carbocycles. The molecule has 0 spiro atoms. The Labute approximate surface area is 107 Å². The van der Waals surface area contributed by atoms with Crippen LogP contribution in [-0.4, -0.2) is 53.9 Å². The zero-order valence-electron chi connectivity index (χ0n) is 10.7. The molecule has 1 aromatic rings. The topological polar surface area (TPSA) is 43.9 Å². The molecule has 0 aliphatic carbocycles. The standard InChI is InChI=1S/C13H17N3O2/c1-14(8-11-6-4-3-5-7-11)10-16-9-12(17)15(2)13(16)18/h3-7H,8-10H2,1-2H3. The molecule has 0 aromatic heterocycles. The molecule has 5 nitrogen and oxygen atoms in total. The summed E-state index contributed by atoms with van der Waals surface area (Å²) in [7, 11) is 3.45. The highest BCUT2D eigenvalue weighted by Crippen LogP contribution is 2.09. The van der Waals surface area contributed by atoms with E-state index in [1.54, 1.807) is 4.90 Å². The van der Waals surface area contributed by atoms with E-state index in [2.05, 4.69) is 0 Å². The van der Waals surface area contributed by atoms with Crippen LogP contribution in [0.1, 0.15) is 5.56 Å². The van der Waals surface area contributed by atoms with Crippen molar-refractivity contribution in [2.24, 2.45) is 0 Å². The van der Waals surface area contributed by atoms with Crippen molar-refractivity contribution in [1.29, 1.82) is 0 Å². The molecule has 2 rings (SSSR count). The van der Waals surface area contributed by atoms with Gasteiger partial charge in [0.2, 0.25) is 5.91 Å². The van der Waals surface area contributed by atoms with Crippen LogP contribution in [0, 0.1) is 0 Å². The highest BCUT2D eigenvalue weighted by Gasteiger charge is 2.33. The fraction of sp³-hybridized carbons (Fsp3) is 0.385. The first-order chi connectivity index (χ1) is 8.58. The number of nitrogens with zero attached hydrogens (tertiary/aromatic N) is 3. The van der Waals surface area contributed by atoms with E-state index in [9.17, 15) is 9.59 Å². The summed E-state index contributed by atoms with van der Waals surface area (Å²) in [5, 5.41) is 0. The zero-order chi connectivity index (χ0) is 13.1. The Morgan fingerprint density at radius 3 is 2.44 bits per heavy atom. The van der Waals surface area contributed by atoms with Gasteiger partial charge in [-0.15, -0.1) is 0 Å². The van der Waals surface area contributed by atoms with Crippen molar-refractivity contribution in [1.82, 2.24) is 14.7 Å². The number of carbonyl (C=O) groups excluding carboxylic acids is 2. The lowest BCUT2D eigenvalue weighted by molar-refractivity contribution is -0.124. The van der Waals surface area contributed by atoms with Gasteiger partial charge >= 0.3 is 6.03 Å². The van der Waals surface area contributed by atoms with Crippen LogP contribution in [-0.2, 0) is 11.3 Å². The quantitative estimate of drug-likeness (QED) is 0.745. The number of likely N-dealkylation sites (N-methyl/N-ethyl adjacent to an activating group) is 1. The minimum atomic E-state index is -0.222. The van der Waals surface area contributed by atoms with Gasteiger partial charge < -0.3 is 4.90 Å². The molecule has 0 atom stereocenters. The van der Waals surface area contributed by atoms with Gasteiger partial charge in [-0.3, -0.25) is 14.6 Å². The minimum absolute atomic E-state index is 0.145. The Morgan fingerprint density at radius 2 is 1.89 bits per heavy atom. The van der Waals surface area contributed by atoms with E-state index in [1.807, 2.05) is 42.3 Å². The Balaban J connectivity index is 1.91. The van der Waals surface area contributed by atoms with E-state index in [-0.39, 0.29) is 18.5 Å². The maximum absolute atomic E-state index is 11.7. The first kappa shape index (κ1) is 12.6. The van der Waals surface area contributed by atoms with Crippen molar-refractivity contribution >= 4 is 11.9 Å². The summed E-state index contributed by atoms with van der Waals surface area (Å²) in [6.07, 6.45) is 0. The summed E-state index contributed by atoms with van der Waals surface area (Å²) < 4.78 is 0. The summed E-state index contributed by atoms with van der Waals surface area (Å²) in [4.78, 5) is 27.8. The number of rotatable bonds is 4. The van der Waals surface area contributed by atoms with Crippen molar-refractivity contribution in [3.05, 3.63) is 35.9 Å². The molecule has 0 radical (unpaired) electrons. The minimum Gasteiger partial charge on any atom is -0.302 e. The van der Waals surface area contributed by atoms with E-state index in [0.717, 1.165) is 11.4 Å². The van der Waals surface area contributed by atoms with E-state index in [0.29, 0.717) is 6.67 Å². The molecule has 1 saturated heterocycles. The van der Waals surface area contributed by atoms with Crippen LogP contribution in [0.2, 0.25) is 0 Å². The molecule has 1 fully saturated rings. The molecule has 1 heterocycles. The summed E-state index contributed by atoms with van der Waals surface area (Å²) >= 11 is 0. The third kappa shape index (κ3) is 2.68. The predicted molar refractivity (Wildman–Crippen MR) is 67.6 cm³/mol. The molecule has 0 N–H and O–H groups in total. The number of hydrogen-bond donors (Lipinski definition) is 0. The monoisotopic (exact) mass is 247 g/mol. The summed E-state index contributed by atoms with van der Waals surface area (Å²) in [5.41, 5.74) is 1.19. The van der Waals surface area contributed by atoms with Crippen LogP contribution in [0.4, 0.5) is 4.79 Å². The second-order valence-electron chi connectivity index (χ2n) is 4.57. The molecular weight excluding hydrogens is 230 g/mol. The zero-order valence-corrected chi connectivity index (χ0v) is 10.7. The summed E-state index contributed by atoms with van der Waals surface area (Å²) in [6, 6.07) is 9.81. The Kier molecular flexibility index (Phi) is 3.62. The number of amides is 3. The fourth-order valence-corrected chi connectivity index (χ4v) is 2.00.